The lowest BCUT2D eigenvalue weighted by Gasteiger charge is -2.19. The van der Waals surface area contributed by atoms with Crippen molar-refractivity contribution in [2.24, 2.45) is 0 Å². The van der Waals surface area contributed by atoms with Crippen LogP contribution in [0, 0.1) is 0 Å². The van der Waals surface area contributed by atoms with Crippen LogP contribution in [0.15, 0.2) is 30.3 Å². The lowest BCUT2D eigenvalue weighted by atomic mass is 10.0. The lowest BCUT2D eigenvalue weighted by Crippen LogP contribution is -2.13. The van der Waals surface area contributed by atoms with E-state index in [1.54, 1.807) is 0 Å². The Labute approximate surface area is 84.3 Å². The Balaban J connectivity index is 2.93. The molecule has 0 radical (unpaired) electrons. The molecule has 1 rings (SSSR count). The van der Waals surface area contributed by atoms with Gasteiger partial charge in [-0.1, -0.05) is 62.2 Å². The average molecular weight is 278 g/mol. The fourth-order valence-electron chi connectivity index (χ4n) is 0.863. The first-order chi connectivity index (χ1) is 5.17. The summed E-state index contributed by atoms with van der Waals surface area (Å²) in [5, 5.41) is 0.921. The van der Waals surface area contributed by atoms with Crippen molar-refractivity contribution in [3.63, 3.8) is 0 Å². The molecule has 11 heavy (non-hydrogen) atoms. The maximum atomic E-state index is 3.64. The fraction of sp³-hybridized carbons (Fsp3) is 0.333. The predicted molar refractivity (Wildman–Crippen MR) is 56.5 cm³/mol. The molecule has 2 heteroatoms. The number of hydrogen-bond donors (Lipinski definition) is 0. The summed E-state index contributed by atoms with van der Waals surface area (Å²) in [5.74, 6) is 0. The second kappa shape index (κ2) is 3.72. The molecule has 0 N–H and O–H groups in total. The minimum absolute atomic E-state index is 0.0638. The Morgan fingerprint density at radius 3 is 2.27 bits per heavy atom. The summed E-state index contributed by atoms with van der Waals surface area (Å²) in [6.07, 6.45) is 0. The zero-order valence-corrected chi connectivity index (χ0v) is 9.52. The van der Waals surface area contributed by atoms with Crippen LogP contribution in [-0.2, 0) is 4.32 Å². The Morgan fingerprint density at radius 1 is 1.27 bits per heavy atom. The summed E-state index contributed by atoms with van der Waals surface area (Å²) in [5.41, 5.74) is 1.30. The predicted octanol–water partition coefficient (Wildman–Crippen LogP) is 3.69. The zero-order chi connectivity index (χ0) is 8.32. The van der Waals surface area contributed by atoms with Gasteiger partial charge in [-0.2, -0.15) is 0 Å². The second-order valence-electron chi connectivity index (χ2n) is 2.70. The van der Waals surface area contributed by atoms with Gasteiger partial charge in [0.2, 0.25) is 0 Å². The van der Waals surface area contributed by atoms with Crippen LogP contribution in [0.3, 0.4) is 0 Å². The molecule has 1 aromatic carbocycles. The van der Waals surface area contributed by atoms with Gasteiger partial charge in [-0.15, -0.1) is 0 Å². The molecule has 0 bridgehead atoms. The van der Waals surface area contributed by atoms with E-state index in [0.29, 0.717) is 0 Å². The number of hydrogen-bond acceptors (Lipinski definition) is 0. The highest BCUT2D eigenvalue weighted by Gasteiger charge is 2.19. The van der Waals surface area contributed by atoms with Crippen LogP contribution >= 0.6 is 31.9 Å². The highest BCUT2D eigenvalue weighted by molar-refractivity contribution is 9.12. The molecule has 60 valence electrons. The summed E-state index contributed by atoms with van der Waals surface area (Å²) in [4.78, 5) is 0. The maximum absolute atomic E-state index is 3.64. The van der Waals surface area contributed by atoms with Crippen LogP contribution in [0.25, 0.3) is 0 Å². The molecule has 0 saturated carbocycles. The summed E-state index contributed by atoms with van der Waals surface area (Å²) in [6.45, 7) is 2.15. The quantitative estimate of drug-likeness (QED) is 0.724. The molecule has 0 aliphatic rings. The van der Waals surface area contributed by atoms with Gasteiger partial charge in [0.25, 0.3) is 0 Å². The van der Waals surface area contributed by atoms with Gasteiger partial charge in [0.15, 0.2) is 0 Å². The van der Waals surface area contributed by atoms with Crippen LogP contribution in [0.5, 0.6) is 0 Å². The Hall–Kier alpha value is 0.180. The van der Waals surface area contributed by atoms with E-state index >= 15 is 0 Å². The van der Waals surface area contributed by atoms with Crippen LogP contribution < -0.4 is 0 Å². The molecule has 0 aromatic heterocycles. The molecule has 0 saturated heterocycles. The van der Waals surface area contributed by atoms with Gasteiger partial charge in [-0.25, -0.2) is 0 Å². The molecular formula is C9H10Br2. The van der Waals surface area contributed by atoms with E-state index in [-0.39, 0.29) is 4.32 Å². The smallest absolute Gasteiger partial charge is 0.0574 e. The van der Waals surface area contributed by atoms with Crippen molar-refractivity contribution >= 4 is 31.9 Å². The van der Waals surface area contributed by atoms with Crippen molar-refractivity contribution in [2.75, 3.05) is 5.33 Å². The van der Waals surface area contributed by atoms with Crippen LogP contribution in [0.1, 0.15) is 12.5 Å². The highest BCUT2D eigenvalue weighted by Crippen LogP contribution is 2.32. The third kappa shape index (κ3) is 2.31. The van der Waals surface area contributed by atoms with Crippen molar-refractivity contribution in [3.05, 3.63) is 35.9 Å². The van der Waals surface area contributed by atoms with E-state index < -0.39 is 0 Å². The molecule has 0 amide bonds. The van der Waals surface area contributed by atoms with E-state index in [4.69, 9.17) is 0 Å². The van der Waals surface area contributed by atoms with Crippen molar-refractivity contribution in [1.82, 2.24) is 0 Å². The van der Waals surface area contributed by atoms with E-state index in [9.17, 15) is 0 Å². The fourth-order valence-corrected chi connectivity index (χ4v) is 1.45. The van der Waals surface area contributed by atoms with Crippen LogP contribution in [0.2, 0.25) is 0 Å². The van der Waals surface area contributed by atoms with E-state index in [0.717, 1.165) is 5.33 Å². The number of alkyl halides is 2. The van der Waals surface area contributed by atoms with Crippen molar-refractivity contribution in [1.29, 1.82) is 0 Å². The zero-order valence-electron chi connectivity index (χ0n) is 6.35. The van der Waals surface area contributed by atoms with Crippen molar-refractivity contribution < 1.29 is 0 Å². The summed E-state index contributed by atoms with van der Waals surface area (Å²) >= 11 is 7.10. The summed E-state index contributed by atoms with van der Waals surface area (Å²) in [6, 6.07) is 10.4. The molecular weight excluding hydrogens is 268 g/mol. The standard InChI is InChI=1S/C9H10Br2/c1-9(11,7-10)8-5-3-2-4-6-8/h2-6H,7H2,1H3. The van der Waals surface area contributed by atoms with E-state index in [1.807, 2.05) is 6.07 Å². The molecule has 0 heterocycles. The van der Waals surface area contributed by atoms with Gasteiger partial charge >= 0.3 is 0 Å². The van der Waals surface area contributed by atoms with Gasteiger partial charge in [0.05, 0.1) is 4.32 Å². The molecule has 0 fully saturated rings. The van der Waals surface area contributed by atoms with Gasteiger partial charge in [0.1, 0.15) is 0 Å². The molecule has 1 atom stereocenters. The third-order valence-electron chi connectivity index (χ3n) is 1.63. The normalized spacial score (nSPS) is 15.9. The van der Waals surface area contributed by atoms with E-state index in [1.165, 1.54) is 5.56 Å². The molecule has 0 spiro atoms. The molecule has 1 aromatic rings. The van der Waals surface area contributed by atoms with Gasteiger partial charge < -0.3 is 0 Å². The van der Waals surface area contributed by atoms with E-state index in [2.05, 4.69) is 63.0 Å². The maximum Gasteiger partial charge on any atom is 0.0574 e. The summed E-state index contributed by atoms with van der Waals surface area (Å²) < 4.78 is 0.0638. The minimum Gasteiger partial charge on any atom is -0.0909 e. The topological polar surface area (TPSA) is 0 Å². The number of rotatable bonds is 2. The first-order valence-corrected chi connectivity index (χ1v) is 5.38. The largest absolute Gasteiger partial charge is 0.0909 e. The van der Waals surface area contributed by atoms with Crippen LogP contribution in [0.4, 0.5) is 0 Å². The monoisotopic (exact) mass is 276 g/mol. The molecule has 0 aliphatic carbocycles. The third-order valence-corrected chi connectivity index (χ3v) is 4.24. The first-order valence-electron chi connectivity index (χ1n) is 3.47. The first kappa shape index (κ1) is 9.27. The molecule has 0 nitrogen and oxygen atoms in total. The van der Waals surface area contributed by atoms with Crippen LogP contribution in [-0.4, -0.2) is 5.33 Å². The molecule has 1 unspecified atom stereocenters. The lowest BCUT2D eigenvalue weighted by molar-refractivity contribution is 0.824. The number of halogens is 2. The Kier molecular flexibility index (Phi) is 3.14. The Morgan fingerprint density at radius 2 is 1.82 bits per heavy atom. The average Bonchev–Trinajstić information content (AvgIpc) is 2.06. The van der Waals surface area contributed by atoms with Crippen molar-refractivity contribution in [2.45, 2.75) is 11.2 Å². The number of benzene rings is 1. The van der Waals surface area contributed by atoms with Gasteiger partial charge in [0, 0.05) is 5.33 Å². The summed E-state index contributed by atoms with van der Waals surface area (Å²) in [7, 11) is 0. The highest BCUT2D eigenvalue weighted by atomic mass is 79.9. The van der Waals surface area contributed by atoms with Gasteiger partial charge in [-0.05, 0) is 12.5 Å². The van der Waals surface area contributed by atoms with Crippen molar-refractivity contribution in [3.8, 4) is 0 Å². The second-order valence-corrected chi connectivity index (χ2v) is 5.01. The van der Waals surface area contributed by atoms with Gasteiger partial charge in [-0.3, -0.25) is 0 Å². The molecule has 0 aliphatic heterocycles. The Bertz CT molecular complexity index is 216. The minimum atomic E-state index is 0.0638. The SMILES string of the molecule is CC(Br)(CBr)c1ccccc1.